The maximum atomic E-state index is 12.0. The molecule has 9 nitrogen and oxygen atoms in total. The highest BCUT2D eigenvalue weighted by Crippen LogP contribution is 2.04. The van der Waals surface area contributed by atoms with E-state index in [4.69, 9.17) is 15.2 Å². The molecule has 9 heteroatoms. The zero-order valence-electron chi connectivity index (χ0n) is 14.3. The van der Waals surface area contributed by atoms with Gasteiger partial charge in [-0.3, -0.25) is 14.4 Å². The highest BCUT2D eigenvalue weighted by molar-refractivity contribution is 5.88. The Hall–Kier alpha value is -2.16. The summed E-state index contributed by atoms with van der Waals surface area (Å²) in [7, 11) is 1.24. The summed E-state index contributed by atoms with van der Waals surface area (Å²) in [5, 5.41) is 2.44. The molecule has 0 saturated carbocycles. The Morgan fingerprint density at radius 1 is 0.958 bits per heavy atom. The molecule has 138 valence electrons. The number of hydrogen-bond acceptors (Lipinski definition) is 8. The number of nitrogens with two attached hydrogens (primary N) is 1. The molecule has 0 aromatic rings. The van der Waals surface area contributed by atoms with Crippen LogP contribution in [0.4, 0.5) is 0 Å². The Bertz CT molecular complexity index is 440. The molecule has 0 aromatic carbocycles. The Labute approximate surface area is 141 Å². The van der Waals surface area contributed by atoms with Crippen molar-refractivity contribution in [2.45, 2.75) is 51.6 Å². The Balaban J connectivity index is 4.61. The summed E-state index contributed by atoms with van der Waals surface area (Å²) in [6.07, 6.45) is 0.0477. The zero-order valence-corrected chi connectivity index (χ0v) is 14.3. The van der Waals surface area contributed by atoms with Crippen molar-refractivity contribution in [1.82, 2.24) is 5.32 Å². The van der Waals surface area contributed by atoms with E-state index in [1.165, 1.54) is 7.11 Å². The predicted molar refractivity (Wildman–Crippen MR) is 83.7 cm³/mol. The SMILES string of the molecule is CCOC(=O)CC[C@@H](NC(=O)[C@H](N)CCC(=O)OC)C(=O)OCC. The molecule has 0 unspecified atom stereocenters. The fourth-order valence-electron chi connectivity index (χ4n) is 1.77. The number of carbonyl (C=O) groups excluding carboxylic acids is 4. The van der Waals surface area contributed by atoms with Gasteiger partial charge < -0.3 is 25.3 Å². The zero-order chi connectivity index (χ0) is 18.5. The van der Waals surface area contributed by atoms with Gasteiger partial charge in [-0.05, 0) is 26.7 Å². The molecule has 0 aromatic heterocycles. The van der Waals surface area contributed by atoms with Gasteiger partial charge in [-0.2, -0.15) is 0 Å². The van der Waals surface area contributed by atoms with Crippen LogP contribution in [0, 0.1) is 0 Å². The second kappa shape index (κ2) is 12.3. The van der Waals surface area contributed by atoms with Crippen molar-refractivity contribution in [1.29, 1.82) is 0 Å². The molecule has 2 atom stereocenters. The third-order valence-electron chi connectivity index (χ3n) is 3.05. The molecule has 0 aliphatic carbocycles. The van der Waals surface area contributed by atoms with E-state index in [0.717, 1.165) is 0 Å². The Kier molecular flexibility index (Phi) is 11.2. The summed E-state index contributed by atoms with van der Waals surface area (Å²) >= 11 is 0. The minimum absolute atomic E-state index is 0.0159. The van der Waals surface area contributed by atoms with Crippen LogP contribution >= 0.6 is 0 Å². The van der Waals surface area contributed by atoms with Crippen LogP contribution in [0.1, 0.15) is 39.5 Å². The van der Waals surface area contributed by atoms with Crippen molar-refractivity contribution in [2.24, 2.45) is 5.73 Å². The molecule has 0 rings (SSSR count). The minimum atomic E-state index is -1.01. The maximum Gasteiger partial charge on any atom is 0.328 e. The van der Waals surface area contributed by atoms with Crippen LogP contribution in [0.25, 0.3) is 0 Å². The van der Waals surface area contributed by atoms with Gasteiger partial charge in [-0.15, -0.1) is 0 Å². The quantitative estimate of drug-likeness (QED) is 0.383. The van der Waals surface area contributed by atoms with Crippen molar-refractivity contribution < 1.29 is 33.4 Å². The van der Waals surface area contributed by atoms with Crippen molar-refractivity contribution in [3.8, 4) is 0 Å². The summed E-state index contributed by atoms with van der Waals surface area (Å²) in [4.78, 5) is 46.4. The largest absolute Gasteiger partial charge is 0.469 e. The molecule has 0 aliphatic rings. The molecule has 0 saturated heterocycles. The summed E-state index contributed by atoms with van der Waals surface area (Å²) in [5.74, 6) is -2.23. The predicted octanol–water partition coefficient (Wildman–Crippen LogP) is -0.342. The second-order valence-electron chi connectivity index (χ2n) is 4.88. The van der Waals surface area contributed by atoms with Gasteiger partial charge >= 0.3 is 17.9 Å². The molecule has 0 fully saturated rings. The van der Waals surface area contributed by atoms with E-state index in [0.29, 0.717) is 0 Å². The Morgan fingerprint density at radius 2 is 1.54 bits per heavy atom. The van der Waals surface area contributed by atoms with Crippen LogP contribution in [-0.4, -0.2) is 56.2 Å². The van der Waals surface area contributed by atoms with Crippen molar-refractivity contribution >= 4 is 23.8 Å². The fourth-order valence-corrected chi connectivity index (χ4v) is 1.77. The van der Waals surface area contributed by atoms with E-state index in [1.807, 2.05) is 0 Å². The molecule has 24 heavy (non-hydrogen) atoms. The molecular weight excluding hydrogens is 320 g/mol. The topological polar surface area (TPSA) is 134 Å². The first-order valence-corrected chi connectivity index (χ1v) is 7.80. The lowest BCUT2D eigenvalue weighted by Crippen LogP contribution is -2.49. The normalized spacial score (nSPS) is 12.7. The molecule has 0 bridgehead atoms. The number of rotatable bonds is 11. The smallest absolute Gasteiger partial charge is 0.328 e. The van der Waals surface area contributed by atoms with E-state index < -0.39 is 35.9 Å². The van der Waals surface area contributed by atoms with E-state index in [1.54, 1.807) is 13.8 Å². The van der Waals surface area contributed by atoms with Crippen LogP contribution in [0.15, 0.2) is 0 Å². The monoisotopic (exact) mass is 346 g/mol. The van der Waals surface area contributed by atoms with E-state index in [9.17, 15) is 19.2 Å². The third kappa shape index (κ3) is 9.09. The van der Waals surface area contributed by atoms with Crippen LogP contribution in [0.2, 0.25) is 0 Å². The van der Waals surface area contributed by atoms with Crippen molar-refractivity contribution in [3.63, 3.8) is 0 Å². The first-order chi connectivity index (χ1) is 11.3. The number of carbonyl (C=O) groups is 4. The third-order valence-corrected chi connectivity index (χ3v) is 3.05. The number of esters is 3. The van der Waals surface area contributed by atoms with Gasteiger partial charge in [-0.25, -0.2) is 4.79 Å². The average Bonchev–Trinajstić information content (AvgIpc) is 2.56. The average molecular weight is 346 g/mol. The van der Waals surface area contributed by atoms with Gasteiger partial charge in [0.15, 0.2) is 0 Å². The minimum Gasteiger partial charge on any atom is -0.469 e. The molecule has 0 aliphatic heterocycles. The lowest BCUT2D eigenvalue weighted by molar-refractivity contribution is -0.149. The Morgan fingerprint density at radius 3 is 2.08 bits per heavy atom. The lowest BCUT2D eigenvalue weighted by atomic mass is 10.1. The number of nitrogens with one attached hydrogen (secondary N) is 1. The summed E-state index contributed by atoms with van der Waals surface area (Å²) < 4.78 is 14.1. The number of hydrogen-bond donors (Lipinski definition) is 2. The fraction of sp³-hybridized carbons (Fsp3) is 0.733. The maximum absolute atomic E-state index is 12.0. The van der Waals surface area contributed by atoms with Gasteiger partial charge in [0.25, 0.3) is 0 Å². The van der Waals surface area contributed by atoms with Crippen LogP contribution < -0.4 is 11.1 Å². The summed E-state index contributed by atoms with van der Waals surface area (Å²) in [6, 6.07) is -1.99. The molecule has 3 N–H and O–H groups in total. The summed E-state index contributed by atoms with van der Waals surface area (Å²) in [6.45, 7) is 3.67. The molecule has 0 spiro atoms. The van der Waals surface area contributed by atoms with Gasteiger partial charge in [0.05, 0.1) is 26.4 Å². The molecule has 0 heterocycles. The van der Waals surface area contributed by atoms with Gasteiger partial charge in [0.1, 0.15) is 6.04 Å². The first-order valence-electron chi connectivity index (χ1n) is 7.80. The standard InChI is InChI=1S/C15H26N2O7/c1-4-23-13(19)9-7-11(15(21)24-5-2)17-14(20)10(16)6-8-12(18)22-3/h10-11H,4-9,16H2,1-3H3,(H,17,20)/t10-,11-/m1/s1. The van der Waals surface area contributed by atoms with E-state index in [2.05, 4.69) is 10.1 Å². The highest BCUT2D eigenvalue weighted by Gasteiger charge is 2.26. The van der Waals surface area contributed by atoms with Crippen LogP contribution in [0.5, 0.6) is 0 Å². The van der Waals surface area contributed by atoms with E-state index in [-0.39, 0.29) is 38.9 Å². The molecule has 0 radical (unpaired) electrons. The van der Waals surface area contributed by atoms with Gasteiger partial charge in [0.2, 0.25) is 5.91 Å². The molecular formula is C15H26N2O7. The number of methoxy groups -OCH3 is 1. The number of ether oxygens (including phenoxy) is 3. The first kappa shape index (κ1) is 21.8. The van der Waals surface area contributed by atoms with Crippen molar-refractivity contribution in [3.05, 3.63) is 0 Å². The van der Waals surface area contributed by atoms with Gasteiger partial charge in [0, 0.05) is 12.8 Å². The number of amides is 1. The van der Waals surface area contributed by atoms with Gasteiger partial charge in [-0.1, -0.05) is 0 Å². The van der Waals surface area contributed by atoms with Crippen LogP contribution in [0.3, 0.4) is 0 Å². The molecule has 1 amide bonds. The van der Waals surface area contributed by atoms with Crippen LogP contribution in [-0.2, 0) is 33.4 Å². The van der Waals surface area contributed by atoms with Crippen molar-refractivity contribution in [2.75, 3.05) is 20.3 Å². The highest BCUT2D eigenvalue weighted by atomic mass is 16.5. The lowest BCUT2D eigenvalue weighted by Gasteiger charge is -2.19. The summed E-state index contributed by atoms with van der Waals surface area (Å²) in [5.41, 5.74) is 5.68. The van der Waals surface area contributed by atoms with E-state index >= 15 is 0 Å². The second-order valence-corrected chi connectivity index (χ2v) is 4.88.